The van der Waals surface area contributed by atoms with Crippen LogP contribution in [0.15, 0.2) is 59.7 Å². The number of ketones is 1. The molecule has 0 spiro atoms. The van der Waals surface area contributed by atoms with E-state index < -0.39 is 17.7 Å². The molecular weight excluding hydrogens is 504 g/mol. The molecule has 0 aliphatic carbocycles. The van der Waals surface area contributed by atoms with Gasteiger partial charge in [-0.15, -0.1) is 11.3 Å². The summed E-state index contributed by atoms with van der Waals surface area (Å²) in [7, 11) is 0. The van der Waals surface area contributed by atoms with Crippen molar-refractivity contribution in [2.75, 3.05) is 18.1 Å². The predicted molar refractivity (Wildman–Crippen MR) is 145 cm³/mol. The van der Waals surface area contributed by atoms with Crippen LogP contribution < -0.4 is 14.4 Å². The van der Waals surface area contributed by atoms with Crippen LogP contribution in [0.1, 0.15) is 49.7 Å². The van der Waals surface area contributed by atoms with Gasteiger partial charge in [-0.1, -0.05) is 25.5 Å². The van der Waals surface area contributed by atoms with E-state index in [1.54, 1.807) is 53.4 Å². The number of thiazole rings is 1. The van der Waals surface area contributed by atoms with Gasteiger partial charge < -0.3 is 14.6 Å². The van der Waals surface area contributed by atoms with Crippen molar-refractivity contribution in [1.82, 2.24) is 14.4 Å². The third-order valence-electron chi connectivity index (χ3n) is 6.34. The Kier molecular flexibility index (Phi) is 7.15. The molecule has 3 aromatic heterocycles. The van der Waals surface area contributed by atoms with E-state index in [9.17, 15) is 14.7 Å². The van der Waals surface area contributed by atoms with Crippen LogP contribution >= 0.6 is 11.3 Å². The number of anilines is 1. The van der Waals surface area contributed by atoms with Gasteiger partial charge in [0.15, 0.2) is 22.4 Å². The number of rotatable bonds is 9. The molecule has 1 fully saturated rings. The fourth-order valence-corrected chi connectivity index (χ4v) is 5.28. The van der Waals surface area contributed by atoms with Crippen LogP contribution in [0.3, 0.4) is 0 Å². The third kappa shape index (κ3) is 4.41. The molecule has 10 heteroatoms. The smallest absolute Gasteiger partial charge is 0.301 e. The lowest BCUT2D eigenvalue weighted by molar-refractivity contribution is -0.132. The van der Waals surface area contributed by atoms with Gasteiger partial charge >= 0.3 is 5.91 Å². The molecule has 1 aliphatic heterocycles. The molecule has 0 bridgehead atoms. The average molecular weight is 533 g/mol. The molecule has 9 nitrogen and oxygen atoms in total. The minimum atomic E-state index is -0.932. The first-order chi connectivity index (χ1) is 18.5. The van der Waals surface area contributed by atoms with Crippen LogP contribution in [0.25, 0.3) is 11.4 Å². The highest BCUT2D eigenvalue weighted by atomic mass is 32.1. The first-order valence-corrected chi connectivity index (χ1v) is 13.4. The molecule has 4 heterocycles. The second-order valence-corrected chi connectivity index (χ2v) is 9.67. The second-order valence-electron chi connectivity index (χ2n) is 8.80. The Labute approximate surface area is 224 Å². The van der Waals surface area contributed by atoms with Crippen molar-refractivity contribution < 1.29 is 24.2 Å². The van der Waals surface area contributed by atoms with E-state index in [1.165, 1.54) is 16.2 Å². The largest absolute Gasteiger partial charge is 0.505 e. The number of ether oxygens (including phenoxy) is 2. The average Bonchev–Trinajstić information content (AvgIpc) is 3.61. The normalized spacial score (nSPS) is 16.9. The number of hydrogen-bond acceptors (Lipinski definition) is 8. The van der Waals surface area contributed by atoms with Gasteiger partial charge in [-0.25, -0.2) is 9.97 Å². The van der Waals surface area contributed by atoms with Crippen molar-refractivity contribution in [2.45, 2.75) is 39.7 Å². The second kappa shape index (κ2) is 10.7. The Morgan fingerprint density at radius 3 is 2.71 bits per heavy atom. The van der Waals surface area contributed by atoms with E-state index in [0.29, 0.717) is 52.4 Å². The van der Waals surface area contributed by atoms with Gasteiger partial charge in [0.25, 0.3) is 5.78 Å². The van der Waals surface area contributed by atoms with E-state index in [4.69, 9.17) is 9.47 Å². The van der Waals surface area contributed by atoms with E-state index >= 15 is 0 Å². The van der Waals surface area contributed by atoms with Crippen LogP contribution in [-0.2, 0) is 9.59 Å². The van der Waals surface area contributed by atoms with Gasteiger partial charge in [-0.05, 0) is 50.1 Å². The van der Waals surface area contributed by atoms with Crippen LogP contribution in [0.4, 0.5) is 5.13 Å². The Morgan fingerprint density at radius 2 is 1.97 bits per heavy atom. The number of pyridine rings is 1. The van der Waals surface area contributed by atoms with Gasteiger partial charge in [0, 0.05) is 17.8 Å². The summed E-state index contributed by atoms with van der Waals surface area (Å²) in [5.41, 5.74) is 2.04. The first-order valence-electron chi connectivity index (χ1n) is 12.5. The van der Waals surface area contributed by atoms with Gasteiger partial charge in [-0.3, -0.25) is 18.9 Å². The summed E-state index contributed by atoms with van der Waals surface area (Å²) < 4.78 is 13.5. The number of aliphatic hydroxyl groups is 1. The summed E-state index contributed by atoms with van der Waals surface area (Å²) in [6.45, 7) is 6.66. The Bertz CT molecular complexity index is 1530. The zero-order chi connectivity index (χ0) is 26.8. The van der Waals surface area contributed by atoms with Crippen molar-refractivity contribution in [2.24, 2.45) is 0 Å². The topological polar surface area (TPSA) is 106 Å². The number of hydrogen-bond donors (Lipinski definition) is 1. The van der Waals surface area contributed by atoms with Crippen LogP contribution in [-0.4, -0.2) is 44.4 Å². The first kappa shape index (κ1) is 25.5. The van der Waals surface area contributed by atoms with Crippen LogP contribution in [0, 0.1) is 6.92 Å². The zero-order valence-corrected chi connectivity index (χ0v) is 22.2. The molecule has 0 radical (unpaired) electrons. The maximum absolute atomic E-state index is 13.5. The number of carbonyl (C=O) groups is 2. The Balaban J connectivity index is 1.70. The third-order valence-corrected chi connectivity index (χ3v) is 7.11. The molecule has 1 aliphatic rings. The molecule has 1 unspecified atom stereocenters. The van der Waals surface area contributed by atoms with Crippen molar-refractivity contribution in [3.8, 4) is 11.5 Å². The van der Waals surface area contributed by atoms with E-state index in [2.05, 4.69) is 16.9 Å². The highest BCUT2D eigenvalue weighted by Gasteiger charge is 2.48. The Hall–Kier alpha value is -4.18. The number of aromatic nitrogens is 3. The van der Waals surface area contributed by atoms with E-state index in [-0.39, 0.29) is 11.3 Å². The van der Waals surface area contributed by atoms with Crippen molar-refractivity contribution in [3.05, 3.63) is 76.7 Å². The monoisotopic (exact) mass is 532 g/mol. The molecule has 0 saturated carbocycles. The maximum Gasteiger partial charge on any atom is 0.301 e. The number of unbranched alkanes of at least 4 members (excludes halogenated alkanes) is 1. The molecule has 38 heavy (non-hydrogen) atoms. The fourth-order valence-electron chi connectivity index (χ4n) is 4.62. The number of aryl methyl sites for hydroxylation is 1. The molecular formula is C28H28N4O5S. The molecule has 1 aromatic carbocycles. The molecule has 4 aromatic rings. The quantitative estimate of drug-likeness (QED) is 0.135. The van der Waals surface area contributed by atoms with E-state index in [1.807, 2.05) is 19.1 Å². The summed E-state index contributed by atoms with van der Waals surface area (Å²) in [6.07, 6.45) is 5.22. The molecule has 1 N–H and O–H groups in total. The Morgan fingerprint density at radius 1 is 1.13 bits per heavy atom. The standard InChI is InChI=1S/C28H28N4O5S/c1-4-6-14-37-19-11-10-18(16-20(19)36-5-2)24-22(26(34)27(35)32(24)28-29-12-15-38-28)25(33)23-17(3)30-21-9-7-8-13-31(21)23/h7-13,15-16,24,33H,4-6,14H2,1-3H3/b25-22+. The SMILES string of the molecule is CCCCOc1ccc(C2/C(=C(\O)c3c(C)nc4ccccn34)C(=O)C(=O)N2c2nccs2)cc1OCC. The number of carbonyl (C=O) groups excluding carboxylic acids is 2. The summed E-state index contributed by atoms with van der Waals surface area (Å²) in [6, 6.07) is 9.85. The van der Waals surface area contributed by atoms with Gasteiger partial charge in [-0.2, -0.15) is 0 Å². The molecule has 5 rings (SSSR count). The number of Topliss-reactive ketones (excluding diaryl/α,β-unsaturated/α-hetero) is 1. The van der Waals surface area contributed by atoms with Crippen molar-refractivity contribution in [3.63, 3.8) is 0 Å². The lowest BCUT2D eigenvalue weighted by atomic mass is 9.96. The van der Waals surface area contributed by atoms with Crippen LogP contribution in [0.2, 0.25) is 0 Å². The summed E-state index contributed by atoms with van der Waals surface area (Å²) in [4.78, 5) is 37.1. The minimum absolute atomic E-state index is 0.0407. The summed E-state index contributed by atoms with van der Waals surface area (Å²) in [5, 5.41) is 13.7. The molecule has 196 valence electrons. The highest BCUT2D eigenvalue weighted by molar-refractivity contribution is 7.14. The number of fused-ring (bicyclic) bond motifs is 1. The number of imidazole rings is 1. The zero-order valence-electron chi connectivity index (χ0n) is 21.4. The number of aliphatic hydroxyl groups excluding tert-OH is 1. The lowest BCUT2D eigenvalue weighted by Crippen LogP contribution is -2.29. The molecule has 1 amide bonds. The number of benzene rings is 1. The highest BCUT2D eigenvalue weighted by Crippen LogP contribution is 2.45. The van der Waals surface area contributed by atoms with Crippen molar-refractivity contribution in [1.29, 1.82) is 0 Å². The predicted octanol–water partition coefficient (Wildman–Crippen LogP) is 5.30. The van der Waals surface area contributed by atoms with Gasteiger partial charge in [0.05, 0.1) is 30.5 Å². The van der Waals surface area contributed by atoms with E-state index in [0.717, 1.165) is 12.8 Å². The molecule has 1 saturated heterocycles. The van der Waals surface area contributed by atoms with Crippen molar-refractivity contribution >= 4 is 39.6 Å². The van der Waals surface area contributed by atoms with Crippen LogP contribution in [0.5, 0.6) is 11.5 Å². The lowest BCUT2D eigenvalue weighted by Gasteiger charge is -2.24. The summed E-state index contributed by atoms with van der Waals surface area (Å²) >= 11 is 1.24. The molecule has 1 atom stereocenters. The number of amides is 1. The van der Waals surface area contributed by atoms with Gasteiger partial charge in [0.1, 0.15) is 11.3 Å². The maximum atomic E-state index is 13.5. The summed E-state index contributed by atoms with van der Waals surface area (Å²) in [5.74, 6) is -0.789. The minimum Gasteiger partial charge on any atom is -0.505 e. The fraction of sp³-hybridized carbons (Fsp3) is 0.286. The van der Waals surface area contributed by atoms with Gasteiger partial charge in [0.2, 0.25) is 0 Å². The number of nitrogens with zero attached hydrogens (tertiary/aromatic N) is 4.